The Morgan fingerprint density at radius 2 is 1.82 bits per heavy atom. The van der Waals surface area contributed by atoms with Gasteiger partial charge in [0, 0.05) is 6.54 Å². The molecule has 22 heavy (non-hydrogen) atoms. The number of rotatable bonds is 9. The molecule has 2 rings (SSSR count). The SMILES string of the molecule is CCCCCCCCCn1c(=O)oc2cc(C(=O)O)ccc21. The molecule has 1 N–H and O–H groups in total. The van der Waals surface area contributed by atoms with Crippen LogP contribution in [0.2, 0.25) is 0 Å². The third-order valence-corrected chi connectivity index (χ3v) is 3.90. The molecule has 1 heterocycles. The average Bonchev–Trinajstić information content (AvgIpc) is 2.81. The molecule has 0 aliphatic rings. The number of hydrogen-bond donors (Lipinski definition) is 1. The standard InChI is InChI=1S/C17H23NO4/c1-2-3-4-5-6-7-8-11-18-14-10-9-13(16(19)20)12-15(14)22-17(18)21/h9-10,12H,2-8,11H2,1H3,(H,19,20). The molecule has 0 amide bonds. The summed E-state index contributed by atoms with van der Waals surface area (Å²) in [6, 6.07) is 4.55. The number of carboxylic acid groups (broad SMARTS) is 1. The molecule has 5 heteroatoms. The van der Waals surface area contributed by atoms with Crippen LogP contribution >= 0.6 is 0 Å². The number of fused-ring (bicyclic) bond motifs is 1. The van der Waals surface area contributed by atoms with Gasteiger partial charge in [0.05, 0.1) is 11.1 Å². The lowest BCUT2D eigenvalue weighted by molar-refractivity contribution is 0.0697. The fourth-order valence-corrected chi connectivity index (χ4v) is 2.64. The molecule has 1 aromatic carbocycles. The first-order valence-electron chi connectivity index (χ1n) is 8.00. The van der Waals surface area contributed by atoms with E-state index < -0.39 is 11.7 Å². The number of hydrogen-bond acceptors (Lipinski definition) is 3. The molecule has 0 saturated heterocycles. The summed E-state index contributed by atoms with van der Waals surface area (Å²) in [5.74, 6) is -1.44. The van der Waals surface area contributed by atoms with Crippen molar-refractivity contribution in [2.24, 2.45) is 0 Å². The summed E-state index contributed by atoms with van der Waals surface area (Å²) in [5.41, 5.74) is 1.14. The van der Waals surface area contributed by atoms with Crippen LogP contribution in [0.5, 0.6) is 0 Å². The molecule has 0 bridgehead atoms. The number of aromatic carboxylic acids is 1. The largest absolute Gasteiger partial charge is 0.478 e. The molecule has 0 aliphatic carbocycles. The monoisotopic (exact) mass is 305 g/mol. The maximum atomic E-state index is 11.9. The van der Waals surface area contributed by atoms with Gasteiger partial charge in [-0.25, -0.2) is 9.59 Å². The molecule has 0 atom stereocenters. The number of benzene rings is 1. The number of aryl methyl sites for hydroxylation is 1. The highest BCUT2D eigenvalue weighted by molar-refractivity contribution is 5.91. The highest BCUT2D eigenvalue weighted by atomic mass is 16.4. The predicted octanol–water partition coefficient (Wildman–Crippen LogP) is 4.04. The van der Waals surface area contributed by atoms with Crippen LogP contribution in [0.3, 0.4) is 0 Å². The molecular formula is C17H23NO4. The highest BCUT2D eigenvalue weighted by Gasteiger charge is 2.11. The summed E-state index contributed by atoms with van der Waals surface area (Å²) in [5, 5.41) is 8.96. The summed E-state index contributed by atoms with van der Waals surface area (Å²) in [4.78, 5) is 22.8. The van der Waals surface area contributed by atoms with Gasteiger partial charge in [-0.05, 0) is 24.6 Å². The second kappa shape index (κ2) is 7.82. The van der Waals surface area contributed by atoms with Crippen molar-refractivity contribution in [1.29, 1.82) is 0 Å². The second-order valence-electron chi connectivity index (χ2n) is 5.63. The summed E-state index contributed by atoms with van der Waals surface area (Å²) in [6.45, 7) is 2.82. The second-order valence-corrected chi connectivity index (χ2v) is 5.63. The number of carbonyl (C=O) groups is 1. The van der Waals surface area contributed by atoms with Gasteiger partial charge in [0.1, 0.15) is 0 Å². The lowest BCUT2D eigenvalue weighted by Gasteiger charge is -2.03. The Kier molecular flexibility index (Phi) is 5.81. The van der Waals surface area contributed by atoms with Crippen LogP contribution in [0, 0.1) is 0 Å². The van der Waals surface area contributed by atoms with Gasteiger partial charge in [0.15, 0.2) is 5.58 Å². The topological polar surface area (TPSA) is 72.4 Å². The van der Waals surface area contributed by atoms with Crippen molar-refractivity contribution in [3.63, 3.8) is 0 Å². The first kappa shape index (κ1) is 16.3. The summed E-state index contributed by atoms with van der Waals surface area (Å²) in [7, 11) is 0. The van der Waals surface area contributed by atoms with Gasteiger partial charge in [-0.15, -0.1) is 0 Å². The maximum Gasteiger partial charge on any atom is 0.419 e. The number of aromatic nitrogens is 1. The third kappa shape index (κ3) is 4.00. The van der Waals surface area contributed by atoms with Crippen molar-refractivity contribution in [2.75, 3.05) is 0 Å². The van der Waals surface area contributed by atoms with Gasteiger partial charge in [0.2, 0.25) is 0 Å². The Bertz CT molecular complexity index is 684. The molecule has 1 aromatic heterocycles. The van der Waals surface area contributed by atoms with Crippen LogP contribution in [-0.2, 0) is 6.54 Å². The maximum absolute atomic E-state index is 11.9. The quantitative estimate of drug-likeness (QED) is 0.709. The summed E-state index contributed by atoms with van der Waals surface area (Å²) in [6.07, 6.45) is 8.28. The number of unbranched alkanes of at least 4 members (excludes halogenated alkanes) is 6. The Morgan fingerprint density at radius 3 is 2.50 bits per heavy atom. The zero-order valence-corrected chi connectivity index (χ0v) is 13.0. The molecule has 0 saturated carbocycles. The molecule has 0 radical (unpaired) electrons. The van der Waals surface area contributed by atoms with Crippen molar-refractivity contribution in [1.82, 2.24) is 4.57 Å². The van der Waals surface area contributed by atoms with Crippen LogP contribution in [0.15, 0.2) is 27.4 Å². The van der Waals surface area contributed by atoms with Crippen LogP contribution in [0.25, 0.3) is 11.1 Å². The van der Waals surface area contributed by atoms with Crippen molar-refractivity contribution in [3.8, 4) is 0 Å². The van der Waals surface area contributed by atoms with E-state index >= 15 is 0 Å². The van der Waals surface area contributed by atoms with E-state index in [-0.39, 0.29) is 5.56 Å². The number of carboxylic acids is 1. The van der Waals surface area contributed by atoms with Gasteiger partial charge in [-0.2, -0.15) is 0 Å². The normalized spacial score (nSPS) is 11.1. The predicted molar refractivity (Wildman–Crippen MR) is 85.4 cm³/mol. The summed E-state index contributed by atoms with van der Waals surface area (Å²) < 4.78 is 6.73. The minimum atomic E-state index is -1.02. The molecule has 0 aliphatic heterocycles. The van der Waals surface area contributed by atoms with E-state index in [1.807, 2.05) is 0 Å². The van der Waals surface area contributed by atoms with E-state index in [4.69, 9.17) is 9.52 Å². The van der Waals surface area contributed by atoms with Gasteiger partial charge in [-0.3, -0.25) is 4.57 Å². The van der Waals surface area contributed by atoms with E-state index in [1.165, 1.54) is 44.2 Å². The van der Waals surface area contributed by atoms with E-state index in [1.54, 1.807) is 10.6 Å². The first-order valence-corrected chi connectivity index (χ1v) is 8.00. The molecule has 2 aromatic rings. The van der Waals surface area contributed by atoms with E-state index in [9.17, 15) is 9.59 Å². The zero-order valence-electron chi connectivity index (χ0n) is 13.0. The van der Waals surface area contributed by atoms with Crippen molar-refractivity contribution < 1.29 is 14.3 Å². The van der Waals surface area contributed by atoms with Crippen LogP contribution in [0.4, 0.5) is 0 Å². The third-order valence-electron chi connectivity index (χ3n) is 3.90. The molecule has 0 unspecified atom stereocenters. The minimum absolute atomic E-state index is 0.129. The van der Waals surface area contributed by atoms with Crippen molar-refractivity contribution in [3.05, 3.63) is 34.3 Å². The lowest BCUT2D eigenvalue weighted by atomic mass is 10.1. The van der Waals surface area contributed by atoms with E-state index in [2.05, 4.69) is 6.92 Å². The molecule has 0 fully saturated rings. The van der Waals surface area contributed by atoms with Gasteiger partial charge >= 0.3 is 11.7 Å². The fourth-order valence-electron chi connectivity index (χ4n) is 2.64. The molecular weight excluding hydrogens is 282 g/mol. The first-order chi connectivity index (χ1) is 10.6. The van der Waals surface area contributed by atoms with Crippen LogP contribution < -0.4 is 5.76 Å². The van der Waals surface area contributed by atoms with Crippen LogP contribution in [0.1, 0.15) is 62.2 Å². The fraction of sp³-hybridized carbons (Fsp3) is 0.529. The van der Waals surface area contributed by atoms with Crippen molar-refractivity contribution >= 4 is 17.1 Å². The Labute approximate surface area is 129 Å². The van der Waals surface area contributed by atoms with E-state index in [0.717, 1.165) is 12.8 Å². The smallest absolute Gasteiger partial charge is 0.419 e. The Balaban J connectivity index is 1.95. The highest BCUT2D eigenvalue weighted by Crippen LogP contribution is 2.16. The molecule has 5 nitrogen and oxygen atoms in total. The minimum Gasteiger partial charge on any atom is -0.478 e. The van der Waals surface area contributed by atoms with Gasteiger partial charge < -0.3 is 9.52 Å². The molecule has 0 spiro atoms. The molecule has 120 valence electrons. The Morgan fingerprint density at radius 1 is 1.14 bits per heavy atom. The Hall–Kier alpha value is -2.04. The van der Waals surface area contributed by atoms with E-state index in [0.29, 0.717) is 17.6 Å². The van der Waals surface area contributed by atoms with Gasteiger partial charge in [-0.1, -0.05) is 45.4 Å². The number of nitrogens with zero attached hydrogens (tertiary/aromatic N) is 1. The summed E-state index contributed by atoms with van der Waals surface area (Å²) >= 11 is 0. The van der Waals surface area contributed by atoms with Crippen LogP contribution in [-0.4, -0.2) is 15.6 Å². The van der Waals surface area contributed by atoms with Crippen molar-refractivity contribution in [2.45, 2.75) is 58.4 Å². The average molecular weight is 305 g/mol. The zero-order chi connectivity index (χ0) is 15.9. The lowest BCUT2D eigenvalue weighted by Crippen LogP contribution is -2.14. The number of oxazole rings is 1. The van der Waals surface area contributed by atoms with Gasteiger partial charge in [0.25, 0.3) is 0 Å².